The Morgan fingerprint density at radius 3 is 2.43 bits per heavy atom. The van der Waals surface area contributed by atoms with Crippen molar-refractivity contribution >= 4 is 0 Å². The number of aliphatic hydroxyl groups is 1. The number of aliphatic hydroxyl groups excluding tert-OH is 1. The van der Waals surface area contributed by atoms with Crippen LogP contribution in [0.4, 0.5) is 0 Å². The molecule has 0 fully saturated rings. The van der Waals surface area contributed by atoms with Crippen LogP contribution < -0.4 is 9.47 Å². The fourth-order valence-corrected chi connectivity index (χ4v) is 2.21. The molecular formula is C17H21NO3. The largest absolute Gasteiger partial charge is 0.496 e. The van der Waals surface area contributed by atoms with E-state index in [0.717, 1.165) is 33.9 Å². The Bertz CT molecular complexity index is 606. The van der Waals surface area contributed by atoms with Gasteiger partial charge in [0.05, 0.1) is 18.9 Å². The highest BCUT2D eigenvalue weighted by Crippen LogP contribution is 2.25. The van der Waals surface area contributed by atoms with Gasteiger partial charge in [0.2, 0.25) is 0 Å². The van der Waals surface area contributed by atoms with E-state index >= 15 is 0 Å². The molecule has 4 nitrogen and oxygen atoms in total. The van der Waals surface area contributed by atoms with Crippen LogP contribution in [-0.4, -0.2) is 17.2 Å². The molecule has 1 aromatic carbocycles. The molecule has 4 heteroatoms. The number of rotatable bonds is 5. The van der Waals surface area contributed by atoms with Gasteiger partial charge in [-0.25, -0.2) is 0 Å². The Labute approximate surface area is 125 Å². The topological polar surface area (TPSA) is 51.6 Å². The van der Waals surface area contributed by atoms with Crippen molar-refractivity contribution < 1.29 is 14.6 Å². The predicted molar refractivity (Wildman–Crippen MR) is 81.7 cm³/mol. The lowest BCUT2D eigenvalue weighted by molar-refractivity contribution is 0.199. The molecule has 112 valence electrons. The van der Waals surface area contributed by atoms with Gasteiger partial charge in [-0.3, -0.25) is 4.98 Å². The number of aromatic nitrogens is 1. The van der Waals surface area contributed by atoms with Gasteiger partial charge < -0.3 is 14.6 Å². The summed E-state index contributed by atoms with van der Waals surface area (Å²) >= 11 is 0. The lowest BCUT2D eigenvalue weighted by Gasteiger charge is -2.13. The summed E-state index contributed by atoms with van der Waals surface area (Å²) in [4.78, 5) is 4.40. The first-order valence-electron chi connectivity index (χ1n) is 6.92. The van der Waals surface area contributed by atoms with Gasteiger partial charge in [0.25, 0.3) is 0 Å². The van der Waals surface area contributed by atoms with Crippen LogP contribution in [0.5, 0.6) is 11.5 Å². The summed E-state index contributed by atoms with van der Waals surface area (Å²) in [5, 5.41) is 9.48. The van der Waals surface area contributed by atoms with Gasteiger partial charge in [0.1, 0.15) is 18.1 Å². The smallest absolute Gasteiger partial charge is 0.131 e. The molecule has 1 atom stereocenters. The molecule has 2 aromatic rings. The summed E-state index contributed by atoms with van der Waals surface area (Å²) in [6.45, 7) is 6.07. The van der Waals surface area contributed by atoms with E-state index in [1.807, 2.05) is 38.1 Å². The van der Waals surface area contributed by atoms with E-state index in [2.05, 4.69) is 4.98 Å². The molecule has 0 aliphatic carbocycles. The van der Waals surface area contributed by atoms with Gasteiger partial charge in [-0.15, -0.1) is 0 Å². The summed E-state index contributed by atoms with van der Waals surface area (Å²) < 4.78 is 11.1. The molecule has 0 saturated carbocycles. The van der Waals surface area contributed by atoms with E-state index in [9.17, 15) is 5.11 Å². The molecule has 21 heavy (non-hydrogen) atoms. The highest BCUT2D eigenvalue weighted by Gasteiger charge is 2.10. The standard InChI is InChI=1S/C17H21NO3/c1-11-9-18-16(12(2)17(11)20-4)10-21-15-7-5-14(6-8-15)13(3)19/h5-9,13,19H,10H2,1-4H3. The maximum atomic E-state index is 9.48. The number of nitrogens with zero attached hydrogens (tertiary/aromatic N) is 1. The van der Waals surface area contributed by atoms with E-state index in [-0.39, 0.29) is 0 Å². The van der Waals surface area contributed by atoms with Crippen LogP contribution in [-0.2, 0) is 6.61 Å². The Morgan fingerprint density at radius 1 is 1.19 bits per heavy atom. The monoisotopic (exact) mass is 287 g/mol. The van der Waals surface area contributed by atoms with Crippen LogP contribution in [0.15, 0.2) is 30.5 Å². The maximum Gasteiger partial charge on any atom is 0.131 e. The molecule has 0 amide bonds. The van der Waals surface area contributed by atoms with Crippen molar-refractivity contribution in [2.75, 3.05) is 7.11 Å². The minimum absolute atomic E-state index is 0.385. The van der Waals surface area contributed by atoms with Crippen molar-refractivity contribution in [2.24, 2.45) is 0 Å². The van der Waals surface area contributed by atoms with Crippen molar-refractivity contribution in [1.29, 1.82) is 0 Å². The van der Waals surface area contributed by atoms with E-state index in [1.165, 1.54) is 0 Å². The van der Waals surface area contributed by atoms with Gasteiger partial charge in [0, 0.05) is 17.3 Å². The average molecular weight is 287 g/mol. The Morgan fingerprint density at radius 2 is 1.86 bits per heavy atom. The second-order valence-corrected chi connectivity index (χ2v) is 5.08. The minimum atomic E-state index is -0.468. The number of pyridine rings is 1. The third-order valence-electron chi connectivity index (χ3n) is 3.49. The van der Waals surface area contributed by atoms with Crippen LogP contribution in [0.2, 0.25) is 0 Å². The number of benzene rings is 1. The van der Waals surface area contributed by atoms with E-state index in [4.69, 9.17) is 9.47 Å². The molecule has 0 aliphatic heterocycles. The number of methoxy groups -OCH3 is 1. The van der Waals surface area contributed by atoms with Crippen molar-refractivity contribution in [2.45, 2.75) is 33.5 Å². The molecule has 0 bridgehead atoms. The highest BCUT2D eigenvalue weighted by atomic mass is 16.5. The van der Waals surface area contributed by atoms with Crippen LogP contribution >= 0.6 is 0 Å². The number of hydrogen-bond acceptors (Lipinski definition) is 4. The first kappa shape index (κ1) is 15.3. The van der Waals surface area contributed by atoms with Crippen molar-refractivity contribution in [3.63, 3.8) is 0 Å². The lowest BCUT2D eigenvalue weighted by atomic mass is 10.1. The molecule has 0 saturated heterocycles. The fourth-order valence-electron chi connectivity index (χ4n) is 2.21. The molecule has 1 aromatic heterocycles. The summed E-state index contributed by atoms with van der Waals surface area (Å²) in [5.74, 6) is 1.60. The molecule has 2 rings (SSSR count). The van der Waals surface area contributed by atoms with Crippen molar-refractivity contribution in [1.82, 2.24) is 4.98 Å². The van der Waals surface area contributed by atoms with Gasteiger partial charge in [-0.1, -0.05) is 12.1 Å². The summed E-state index contributed by atoms with van der Waals surface area (Å²) in [7, 11) is 1.66. The SMILES string of the molecule is COc1c(C)cnc(COc2ccc(C(C)O)cc2)c1C. The quantitative estimate of drug-likeness (QED) is 0.916. The normalized spacial score (nSPS) is 12.0. The third kappa shape index (κ3) is 3.52. The van der Waals surface area contributed by atoms with Gasteiger partial charge >= 0.3 is 0 Å². The molecule has 1 unspecified atom stereocenters. The Hall–Kier alpha value is -2.07. The Kier molecular flexibility index (Phi) is 4.81. The highest BCUT2D eigenvalue weighted by molar-refractivity contribution is 5.41. The van der Waals surface area contributed by atoms with Crippen molar-refractivity contribution in [3.8, 4) is 11.5 Å². The molecule has 0 aliphatic rings. The summed E-state index contributed by atoms with van der Waals surface area (Å²) in [6.07, 6.45) is 1.32. The number of ether oxygens (including phenoxy) is 2. The van der Waals surface area contributed by atoms with E-state index in [1.54, 1.807) is 20.2 Å². The van der Waals surface area contributed by atoms with Gasteiger partial charge in [0.15, 0.2) is 0 Å². The minimum Gasteiger partial charge on any atom is -0.496 e. The summed E-state index contributed by atoms with van der Waals surface area (Å²) in [6, 6.07) is 7.41. The molecule has 0 radical (unpaired) electrons. The molecule has 0 spiro atoms. The lowest BCUT2D eigenvalue weighted by Crippen LogP contribution is -2.04. The number of aryl methyl sites for hydroxylation is 1. The van der Waals surface area contributed by atoms with Gasteiger partial charge in [-0.05, 0) is 38.5 Å². The Balaban J connectivity index is 2.09. The van der Waals surface area contributed by atoms with E-state index < -0.39 is 6.10 Å². The first-order chi connectivity index (χ1) is 10.0. The maximum absolute atomic E-state index is 9.48. The first-order valence-corrected chi connectivity index (χ1v) is 6.92. The third-order valence-corrected chi connectivity index (χ3v) is 3.49. The number of hydrogen-bond donors (Lipinski definition) is 1. The zero-order valence-corrected chi connectivity index (χ0v) is 12.9. The molecular weight excluding hydrogens is 266 g/mol. The molecule has 1 heterocycles. The zero-order chi connectivity index (χ0) is 15.4. The van der Waals surface area contributed by atoms with Crippen LogP contribution in [0.3, 0.4) is 0 Å². The van der Waals surface area contributed by atoms with Crippen LogP contribution in [0.25, 0.3) is 0 Å². The summed E-state index contributed by atoms with van der Waals surface area (Å²) in [5.41, 5.74) is 3.74. The fraction of sp³-hybridized carbons (Fsp3) is 0.353. The van der Waals surface area contributed by atoms with E-state index in [0.29, 0.717) is 6.61 Å². The van der Waals surface area contributed by atoms with Crippen LogP contribution in [0.1, 0.15) is 35.4 Å². The zero-order valence-electron chi connectivity index (χ0n) is 12.9. The second-order valence-electron chi connectivity index (χ2n) is 5.08. The van der Waals surface area contributed by atoms with Gasteiger partial charge in [-0.2, -0.15) is 0 Å². The van der Waals surface area contributed by atoms with Crippen molar-refractivity contribution in [3.05, 3.63) is 52.8 Å². The average Bonchev–Trinajstić information content (AvgIpc) is 2.47. The predicted octanol–water partition coefficient (Wildman–Crippen LogP) is 3.34. The van der Waals surface area contributed by atoms with Crippen LogP contribution in [0, 0.1) is 13.8 Å². The molecule has 1 N–H and O–H groups in total. The second kappa shape index (κ2) is 6.59.